The summed E-state index contributed by atoms with van der Waals surface area (Å²) in [5, 5.41) is 12.4. The Balaban J connectivity index is 1.34. The van der Waals surface area contributed by atoms with Crippen molar-refractivity contribution in [3.63, 3.8) is 0 Å². The molecule has 0 radical (unpaired) electrons. The number of ether oxygens (including phenoxy) is 3. The van der Waals surface area contributed by atoms with Gasteiger partial charge in [-0.15, -0.1) is 0 Å². The minimum Gasteiger partial charge on any atom is -0.497 e. The molecule has 39 heavy (non-hydrogen) atoms. The molecule has 212 valence electrons. The van der Waals surface area contributed by atoms with E-state index in [-0.39, 0.29) is 48.8 Å². The van der Waals surface area contributed by atoms with Gasteiger partial charge in [0.15, 0.2) is 5.76 Å². The van der Waals surface area contributed by atoms with Crippen molar-refractivity contribution in [3.8, 4) is 5.75 Å². The summed E-state index contributed by atoms with van der Waals surface area (Å²) < 4.78 is 44.5. The van der Waals surface area contributed by atoms with E-state index in [1.54, 1.807) is 12.1 Å². The molecule has 1 amide bonds. The molecule has 0 bridgehead atoms. The van der Waals surface area contributed by atoms with Crippen molar-refractivity contribution < 1.29 is 32.5 Å². The third kappa shape index (κ3) is 7.82. The lowest BCUT2D eigenvalue weighted by molar-refractivity contribution is -0.152. The molecule has 2 aromatic carbocycles. The van der Waals surface area contributed by atoms with Crippen LogP contribution >= 0.6 is 0 Å². The molecule has 4 rings (SSSR count). The summed E-state index contributed by atoms with van der Waals surface area (Å²) in [7, 11) is -2.34. The zero-order valence-corrected chi connectivity index (χ0v) is 23.1. The number of methoxy groups -OCH3 is 1. The molecule has 0 saturated heterocycles. The largest absolute Gasteiger partial charge is 0.497 e. The standard InChI is InChI=1S/C29H38N2O7S/c1-36-25-10-12-26(13-11-25)39(34,35)31(16-18-32)17-19-37-28-21-24(23-8-5-9-23)20-27(38-28)29(33)30-15-14-22-6-3-2-4-7-22/h2-4,6-7,10-13,20,23-24,28,32H,5,8-9,14-19,21H2,1H3,(H,30,33)/t24-,28+/m1/s1. The monoisotopic (exact) mass is 558 g/mol. The fourth-order valence-corrected chi connectivity index (χ4v) is 6.26. The first-order valence-electron chi connectivity index (χ1n) is 13.5. The Labute approximate surface area is 230 Å². The normalized spacial score (nSPS) is 19.6. The lowest BCUT2D eigenvalue weighted by atomic mass is 9.73. The van der Waals surface area contributed by atoms with Crippen molar-refractivity contribution in [3.05, 3.63) is 72.0 Å². The van der Waals surface area contributed by atoms with Gasteiger partial charge in [-0.25, -0.2) is 8.42 Å². The molecule has 1 heterocycles. The zero-order chi connectivity index (χ0) is 27.7. The van der Waals surface area contributed by atoms with Crippen molar-refractivity contribution in [2.45, 2.75) is 43.3 Å². The SMILES string of the molecule is COc1ccc(S(=O)(=O)N(CCO)CCO[C@@H]2C[C@H](C3CCC3)C=C(C(=O)NCCc3ccccc3)O2)cc1. The molecule has 0 unspecified atom stereocenters. The highest BCUT2D eigenvalue weighted by molar-refractivity contribution is 7.89. The van der Waals surface area contributed by atoms with Gasteiger partial charge < -0.3 is 24.6 Å². The fourth-order valence-electron chi connectivity index (χ4n) is 4.84. The smallest absolute Gasteiger partial charge is 0.286 e. The van der Waals surface area contributed by atoms with Crippen LogP contribution in [0.15, 0.2) is 71.3 Å². The van der Waals surface area contributed by atoms with Crippen molar-refractivity contribution in [1.29, 1.82) is 0 Å². The van der Waals surface area contributed by atoms with Gasteiger partial charge in [0.1, 0.15) is 5.75 Å². The number of aliphatic hydroxyl groups excluding tert-OH is 1. The van der Waals surface area contributed by atoms with Crippen molar-refractivity contribution in [2.24, 2.45) is 11.8 Å². The Morgan fingerprint density at radius 2 is 1.85 bits per heavy atom. The molecular formula is C29H38N2O7S. The highest BCUT2D eigenvalue weighted by Gasteiger charge is 2.35. The Morgan fingerprint density at radius 3 is 2.49 bits per heavy atom. The molecule has 1 aliphatic carbocycles. The number of sulfonamides is 1. The minimum absolute atomic E-state index is 0.0329. The van der Waals surface area contributed by atoms with Gasteiger partial charge in [0.05, 0.1) is 25.2 Å². The van der Waals surface area contributed by atoms with E-state index >= 15 is 0 Å². The highest BCUT2D eigenvalue weighted by Crippen LogP contribution is 2.39. The van der Waals surface area contributed by atoms with Gasteiger partial charge in [0, 0.05) is 26.1 Å². The Morgan fingerprint density at radius 1 is 1.10 bits per heavy atom. The molecule has 2 N–H and O–H groups in total. The Bertz CT molecular complexity index is 1200. The number of rotatable bonds is 14. The van der Waals surface area contributed by atoms with Gasteiger partial charge in [-0.2, -0.15) is 4.31 Å². The van der Waals surface area contributed by atoms with Crippen LogP contribution in [0.5, 0.6) is 5.75 Å². The van der Waals surface area contributed by atoms with Crippen molar-refractivity contribution in [2.75, 3.05) is 40.0 Å². The maximum absolute atomic E-state index is 13.2. The minimum atomic E-state index is -3.85. The number of nitrogens with zero attached hydrogens (tertiary/aromatic N) is 1. The molecule has 2 atom stereocenters. The molecule has 9 nitrogen and oxygen atoms in total. The lowest BCUT2D eigenvalue weighted by Crippen LogP contribution is -2.39. The second-order valence-electron chi connectivity index (χ2n) is 9.83. The van der Waals surface area contributed by atoms with E-state index in [9.17, 15) is 18.3 Å². The van der Waals surface area contributed by atoms with Gasteiger partial charge in [0.2, 0.25) is 16.3 Å². The molecule has 2 aromatic rings. The average molecular weight is 559 g/mol. The number of carbonyl (C=O) groups is 1. The number of benzene rings is 2. The molecule has 0 aromatic heterocycles. The first-order valence-corrected chi connectivity index (χ1v) is 14.9. The molecule has 1 aliphatic heterocycles. The van der Waals surface area contributed by atoms with Crippen LogP contribution in [0.25, 0.3) is 0 Å². The molecule has 1 saturated carbocycles. The molecular weight excluding hydrogens is 520 g/mol. The van der Waals surface area contributed by atoms with E-state index in [1.807, 2.05) is 36.4 Å². The predicted octanol–water partition coefficient (Wildman–Crippen LogP) is 3.10. The van der Waals surface area contributed by atoms with Crippen LogP contribution < -0.4 is 10.1 Å². The Kier molecular flexibility index (Phi) is 10.4. The summed E-state index contributed by atoms with van der Waals surface area (Å²) in [4.78, 5) is 13.0. The highest BCUT2D eigenvalue weighted by atomic mass is 32.2. The van der Waals surface area contributed by atoms with Gasteiger partial charge in [-0.3, -0.25) is 4.79 Å². The number of carbonyl (C=O) groups excluding carboxylic acids is 1. The van der Waals surface area contributed by atoms with Crippen LogP contribution in [-0.2, 0) is 30.7 Å². The van der Waals surface area contributed by atoms with E-state index in [0.29, 0.717) is 24.6 Å². The first-order chi connectivity index (χ1) is 18.9. The van der Waals surface area contributed by atoms with Gasteiger partial charge in [-0.1, -0.05) is 36.8 Å². The quantitative estimate of drug-likeness (QED) is 0.366. The number of hydrogen-bond acceptors (Lipinski definition) is 7. The third-order valence-corrected chi connectivity index (χ3v) is 9.21. The van der Waals surface area contributed by atoms with Crippen LogP contribution in [-0.4, -0.2) is 70.0 Å². The summed E-state index contributed by atoms with van der Waals surface area (Å²) in [5.41, 5.74) is 1.14. The van der Waals surface area contributed by atoms with E-state index in [0.717, 1.165) is 24.8 Å². The van der Waals surface area contributed by atoms with Crippen LogP contribution in [0.2, 0.25) is 0 Å². The fraction of sp³-hybridized carbons (Fsp3) is 0.483. The predicted molar refractivity (Wildman–Crippen MR) is 146 cm³/mol. The van der Waals surface area contributed by atoms with Gasteiger partial charge in [-0.05, 0) is 67.0 Å². The molecule has 0 spiro atoms. The van der Waals surface area contributed by atoms with E-state index in [4.69, 9.17) is 14.2 Å². The topological polar surface area (TPSA) is 114 Å². The molecule has 2 aliphatic rings. The Hall–Kier alpha value is -2.92. The second kappa shape index (κ2) is 13.9. The van der Waals surface area contributed by atoms with Crippen molar-refractivity contribution >= 4 is 15.9 Å². The van der Waals surface area contributed by atoms with E-state index in [1.165, 1.54) is 30.0 Å². The number of aliphatic hydroxyl groups is 1. The van der Waals surface area contributed by atoms with Crippen molar-refractivity contribution in [1.82, 2.24) is 9.62 Å². The van der Waals surface area contributed by atoms with Crippen LogP contribution in [0, 0.1) is 11.8 Å². The molecule has 10 heteroatoms. The summed E-state index contributed by atoms with van der Waals surface area (Å²) in [6.07, 6.45) is 6.00. The number of hydrogen-bond donors (Lipinski definition) is 2. The van der Waals surface area contributed by atoms with Gasteiger partial charge in [0.25, 0.3) is 5.91 Å². The summed E-state index contributed by atoms with van der Waals surface area (Å²) >= 11 is 0. The van der Waals surface area contributed by atoms with E-state index < -0.39 is 16.3 Å². The second-order valence-corrected chi connectivity index (χ2v) is 11.8. The van der Waals surface area contributed by atoms with Crippen LogP contribution in [0.4, 0.5) is 0 Å². The van der Waals surface area contributed by atoms with Crippen LogP contribution in [0.3, 0.4) is 0 Å². The summed E-state index contributed by atoms with van der Waals surface area (Å²) in [6, 6.07) is 16.0. The number of amides is 1. The summed E-state index contributed by atoms with van der Waals surface area (Å²) in [5.74, 6) is 1.20. The van der Waals surface area contributed by atoms with Crippen LogP contribution in [0.1, 0.15) is 31.2 Å². The van der Waals surface area contributed by atoms with E-state index in [2.05, 4.69) is 5.32 Å². The maximum atomic E-state index is 13.2. The third-order valence-electron chi connectivity index (χ3n) is 7.30. The maximum Gasteiger partial charge on any atom is 0.286 e. The number of allylic oxidation sites excluding steroid dienone is 1. The van der Waals surface area contributed by atoms with Gasteiger partial charge >= 0.3 is 0 Å². The number of nitrogens with one attached hydrogen (secondary N) is 1. The average Bonchev–Trinajstić information content (AvgIpc) is 2.92. The molecule has 1 fully saturated rings. The summed E-state index contributed by atoms with van der Waals surface area (Å²) in [6.45, 7) is 0.187. The lowest BCUT2D eigenvalue weighted by Gasteiger charge is -2.37. The first kappa shape index (κ1) is 29.1. The zero-order valence-electron chi connectivity index (χ0n) is 22.3.